The molecule has 0 aliphatic carbocycles. The molecule has 0 radical (unpaired) electrons. The van der Waals surface area contributed by atoms with E-state index in [2.05, 4.69) is 5.32 Å². The molecule has 0 unspecified atom stereocenters. The summed E-state index contributed by atoms with van der Waals surface area (Å²) in [5, 5.41) is 3.96. The SMILES string of the molecule is O=C(Nc1ccccc1C(F)(F)F)c1cccs1. The van der Waals surface area contributed by atoms with E-state index in [-0.39, 0.29) is 5.69 Å². The molecule has 1 N–H and O–H groups in total. The molecule has 94 valence electrons. The van der Waals surface area contributed by atoms with Gasteiger partial charge >= 0.3 is 6.18 Å². The number of alkyl halides is 3. The highest BCUT2D eigenvalue weighted by Crippen LogP contribution is 2.34. The van der Waals surface area contributed by atoms with Crippen LogP contribution in [0.4, 0.5) is 18.9 Å². The maximum Gasteiger partial charge on any atom is 0.418 e. The number of anilines is 1. The number of nitrogens with one attached hydrogen (secondary N) is 1. The van der Waals surface area contributed by atoms with Crippen LogP contribution in [0.2, 0.25) is 0 Å². The van der Waals surface area contributed by atoms with Crippen molar-refractivity contribution in [3.05, 3.63) is 52.2 Å². The van der Waals surface area contributed by atoms with Crippen molar-refractivity contribution in [1.82, 2.24) is 0 Å². The smallest absolute Gasteiger partial charge is 0.321 e. The van der Waals surface area contributed by atoms with Crippen LogP contribution in [-0.4, -0.2) is 5.91 Å². The summed E-state index contributed by atoms with van der Waals surface area (Å²) in [6.07, 6.45) is -4.49. The average molecular weight is 271 g/mol. The number of carbonyl (C=O) groups excluding carboxylic acids is 1. The number of para-hydroxylation sites is 1. The fraction of sp³-hybridized carbons (Fsp3) is 0.0833. The minimum Gasteiger partial charge on any atom is -0.321 e. The maximum absolute atomic E-state index is 12.7. The lowest BCUT2D eigenvalue weighted by molar-refractivity contribution is -0.136. The first-order valence-electron chi connectivity index (χ1n) is 4.99. The summed E-state index contributed by atoms with van der Waals surface area (Å²) in [6, 6.07) is 8.10. The molecule has 2 aromatic rings. The van der Waals surface area contributed by atoms with Gasteiger partial charge < -0.3 is 5.32 Å². The highest BCUT2D eigenvalue weighted by Gasteiger charge is 2.33. The standard InChI is InChI=1S/C12H8F3NOS/c13-12(14,15)8-4-1-2-5-9(8)16-11(17)10-6-3-7-18-10/h1-7H,(H,16,17). The monoisotopic (exact) mass is 271 g/mol. The number of amides is 1. The number of benzene rings is 1. The Morgan fingerprint density at radius 2 is 1.83 bits per heavy atom. The molecule has 2 nitrogen and oxygen atoms in total. The molecule has 1 aromatic heterocycles. The van der Waals surface area contributed by atoms with Crippen molar-refractivity contribution in [1.29, 1.82) is 0 Å². The van der Waals surface area contributed by atoms with E-state index in [1.165, 1.54) is 29.5 Å². The van der Waals surface area contributed by atoms with Gasteiger partial charge in [-0.25, -0.2) is 0 Å². The summed E-state index contributed by atoms with van der Waals surface area (Å²) in [4.78, 5) is 12.1. The second-order valence-electron chi connectivity index (χ2n) is 3.47. The molecule has 0 saturated carbocycles. The van der Waals surface area contributed by atoms with Crippen LogP contribution in [0.15, 0.2) is 41.8 Å². The number of thiophene rings is 1. The van der Waals surface area contributed by atoms with Crippen LogP contribution in [-0.2, 0) is 6.18 Å². The number of hydrogen-bond acceptors (Lipinski definition) is 2. The third kappa shape index (κ3) is 2.70. The highest BCUT2D eigenvalue weighted by atomic mass is 32.1. The lowest BCUT2D eigenvalue weighted by atomic mass is 10.1. The number of carbonyl (C=O) groups is 1. The van der Waals surface area contributed by atoms with Crippen molar-refractivity contribution in [3.8, 4) is 0 Å². The summed E-state index contributed by atoms with van der Waals surface area (Å²) >= 11 is 1.17. The summed E-state index contributed by atoms with van der Waals surface area (Å²) < 4.78 is 38.1. The summed E-state index contributed by atoms with van der Waals surface area (Å²) in [7, 11) is 0. The Labute approximate surface area is 105 Å². The molecule has 0 fully saturated rings. The van der Waals surface area contributed by atoms with Crippen molar-refractivity contribution in [2.24, 2.45) is 0 Å². The summed E-state index contributed by atoms with van der Waals surface area (Å²) in [6.45, 7) is 0. The molecule has 0 saturated heterocycles. The van der Waals surface area contributed by atoms with Crippen molar-refractivity contribution in [2.45, 2.75) is 6.18 Å². The molecule has 0 aliphatic rings. The van der Waals surface area contributed by atoms with E-state index in [1.807, 2.05) is 0 Å². The molecule has 1 aromatic carbocycles. The Hall–Kier alpha value is -1.82. The normalized spacial score (nSPS) is 11.3. The first kappa shape index (κ1) is 12.6. The third-order valence-corrected chi connectivity index (χ3v) is 3.09. The number of rotatable bonds is 2. The quantitative estimate of drug-likeness (QED) is 0.878. The Balaban J connectivity index is 2.27. The Kier molecular flexibility index (Phi) is 3.38. The molecule has 1 heterocycles. The molecule has 18 heavy (non-hydrogen) atoms. The van der Waals surface area contributed by atoms with E-state index in [0.717, 1.165) is 6.07 Å². The maximum atomic E-state index is 12.7. The zero-order chi connectivity index (χ0) is 13.2. The molecule has 1 amide bonds. The topological polar surface area (TPSA) is 29.1 Å². The fourth-order valence-electron chi connectivity index (χ4n) is 1.43. The largest absolute Gasteiger partial charge is 0.418 e. The van der Waals surface area contributed by atoms with E-state index in [1.54, 1.807) is 17.5 Å². The molecule has 0 bridgehead atoms. The minimum atomic E-state index is -4.49. The molecular formula is C12H8F3NOS. The first-order chi connectivity index (χ1) is 8.48. The molecule has 6 heteroatoms. The van der Waals surface area contributed by atoms with Gasteiger partial charge in [0.2, 0.25) is 0 Å². The number of hydrogen-bond donors (Lipinski definition) is 1. The van der Waals surface area contributed by atoms with Gasteiger partial charge in [-0.05, 0) is 23.6 Å². The van der Waals surface area contributed by atoms with E-state index in [4.69, 9.17) is 0 Å². The van der Waals surface area contributed by atoms with Gasteiger partial charge in [0.25, 0.3) is 5.91 Å². The Morgan fingerprint density at radius 3 is 2.44 bits per heavy atom. The van der Waals surface area contributed by atoms with E-state index in [9.17, 15) is 18.0 Å². The van der Waals surface area contributed by atoms with Gasteiger partial charge in [0.15, 0.2) is 0 Å². The first-order valence-corrected chi connectivity index (χ1v) is 5.87. The van der Waals surface area contributed by atoms with E-state index < -0.39 is 17.6 Å². The molecule has 0 aliphatic heterocycles. The van der Waals surface area contributed by atoms with Crippen molar-refractivity contribution < 1.29 is 18.0 Å². The highest BCUT2D eigenvalue weighted by molar-refractivity contribution is 7.12. The van der Waals surface area contributed by atoms with Crippen LogP contribution < -0.4 is 5.32 Å². The summed E-state index contributed by atoms with van der Waals surface area (Å²) in [5.74, 6) is -0.540. The predicted octanol–water partition coefficient (Wildman–Crippen LogP) is 4.02. The zero-order valence-corrected chi connectivity index (χ0v) is 9.81. The minimum absolute atomic E-state index is 0.233. The molecular weight excluding hydrogens is 263 g/mol. The third-order valence-electron chi connectivity index (χ3n) is 2.23. The lowest BCUT2D eigenvalue weighted by Crippen LogP contribution is -2.15. The van der Waals surface area contributed by atoms with Gasteiger partial charge in [-0.15, -0.1) is 11.3 Å². The van der Waals surface area contributed by atoms with Crippen LogP contribution in [0.25, 0.3) is 0 Å². The van der Waals surface area contributed by atoms with Crippen molar-refractivity contribution in [2.75, 3.05) is 5.32 Å². The van der Waals surface area contributed by atoms with Crippen molar-refractivity contribution in [3.63, 3.8) is 0 Å². The lowest BCUT2D eigenvalue weighted by Gasteiger charge is -2.12. The molecule has 0 atom stereocenters. The zero-order valence-electron chi connectivity index (χ0n) is 8.99. The molecule has 2 rings (SSSR count). The van der Waals surface area contributed by atoms with Gasteiger partial charge in [0.05, 0.1) is 16.1 Å². The van der Waals surface area contributed by atoms with Gasteiger partial charge in [-0.1, -0.05) is 18.2 Å². The second kappa shape index (κ2) is 4.81. The van der Waals surface area contributed by atoms with Crippen LogP contribution in [0.1, 0.15) is 15.2 Å². The average Bonchev–Trinajstić information content (AvgIpc) is 2.81. The second-order valence-corrected chi connectivity index (χ2v) is 4.42. The predicted molar refractivity (Wildman–Crippen MR) is 63.7 cm³/mol. The Bertz CT molecular complexity index is 549. The fourth-order valence-corrected chi connectivity index (χ4v) is 2.05. The van der Waals surface area contributed by atoms with Crippen LogP contribution >= 0.6 is 11.3 Å². The number of halogens is 3. The van der Waals surface area contributed by atoms with Crippen LogP contribution in [0, 0.1) is 0 Å². The van der Waals surface area contributed by atoms with Gasteiger partial charge in [-0.3, -0.25) is 4.79 Å². The van der Waals surface area contributed by atoms with E-state index >= 15 is 0 Å². The van der Waals surface area contributed by atoms with Crippen LogP contribution in [0.5, 0.6) is 0 Å². The summed E-state index contributed by atoms with van der Waals surface area (Å²) in [5.41, 5.74) is -1.08. The van der Waals surface area contributed by atoms with Crippen LogP contribution in [0.3, 0.4) is 0 Å². The van der Waals surface area contributed by atoms with Gasteiger partial charge in [0.1, 0.15) is 0 Å². The van der Waals surface area contributed by atoms with Gasteiger partial charge in [0, 0.05) is 0 Å². The molecule has 0 spiro atoms. The van der Waals surface area contributed by atoms with Gasteiger partial charge in [-0.2, -0.15) is 13.2 Å². The van der Waals surface area contributed by atoms with Crippen molar-refractivity contribution >= 4 is 22.9 Å². The Morgan fingerprint density at radius 1 is 1.11 bits per heavy atom. The van der Waals surface area contributed by atoms with E-state index in [0.29, 0.717) is 4.88 Å².